The van der Waals surface area contributed by atoms with Crippen LogP contribution in [0.2, 0.25) is 0 Å². The Bertz CT molecular complexity index is 439. The summed E-state index contributed by atoms with van der Waals surface area (Å²) in [6.07, 6.45) is 0.595. The van der Waals surface area contributed by atoms with Crippen LogP contribution in [-0.2, 0) is 9.59 Å². The van der Waals surface area contributed by atoms with Crippen LogP contribution in [0.5, 0.6) is 0 Å². The quantitative estimate of drug-likeness (QED) is 0.784. The van der Waals surface area contributed by atoms with Crippen molar-refractivity contribution in [3.63, 3.8) is 0 Å². The molecule has 1 heterocycles. The third-order valence-electron chi connectivity index (χ3n) is 3.12. The number of para-hydroxylation sites is 1. The monoisotopic (exact) mass is 217 g/mol. The van der Waals surface area contributed by atoms with E-state index in [0.717, 1.165) is 11.3 Å². The molecule has 1 aliphatic heterocycles. The lowest BCUT2D eigenvalue weighted by Gasteiger charge is -2.14. The third kappa shape index (κ3) is 1.85. The number of hydrogen-bond donors (Lipinski definition) is 1. The molecule has 0 aliphatic carbocycles. The zero-order valence-corrected chi connectivity index (χ0v) is 9.49. The number of amides is 1. The van der Waals surface area contributed by atoms with Crippen molar-refractivity contribution in [2.75, 3.05) is 5.32 Å². The van der Waals surface area contributed by atoms with Crippen molar-refractivity contribution >= 4 is 17.4 Å². The molecule has 1 N–H and O–H groups in total. The van der Waals surface area contributed by atoms with Gasteiger partial charge in [0.1, 0.15) is 5.78 Å². The number of carbonyl (C=O) groups excluding carboxylic acids is 2. The SMILES string of the molecule is CC(=O)C1C[C@H](C)C(=O)Nc2ccccc21. The molecule has 0 bridgehead atoms. The molecule has 1 amide bonds. The molecule has 0 fully saturated rings. The maximum absolute atomic E-state index is 11.7. The van der Waals surface area contributed by atoms with Gasteiger partial charge in [-0.2, -0.15) is 0 Å². The zero-order chi connectivity index (χ0) is 11.7. The summed E-state index contributed by atoms with van der Waals surface area (Å²) in [7, 11) is 0. The van der Waals surface area contributed by atoms with Gasteiger partial charge in [0.2, 0.25) is 5.91 Å². The van der Waals surface area contributed by atoms with Gasteiger partial charge in [-0.25, -0.2) is 0 Å². The van der Waals surface area contributed by atoms with Crippen LogP contribution in [0.15, 0.2) is 24.3 Å². The van der Waals surface area contributed by atoms with Crippen molar-refractivity contribution in [1.82, 2.24) is 0 Å². The Balaban J connectivity index is 2.49. The highest BCUT2D eigenvalue weighted by Crippen LogP contribution is 2.34. The van der Waals surface area contributed by atoms with Crippen LogP contribution in [0, 0.1) is 5.92 Å². The molecule has 0 spiro atoms. The van der Waals surface area contributed by atoms with Crippen molar-refractivity contribution in [3.8, 4) is 0 Å². The van der Waals surface area contributed by atoms with Crippen molar-refractivity contribution < 1.29 is 9.59 Å². The van der Waals surface area contributed by atoms with E-state index in [9.17, 15) is 9.59 Å². The van der Waals surface area contributed by atoms with Gasteiger partial charge in [-0.3, -0.25) is 9.59 Å². The number of fused-ring (bicyclic) bond motifs is 1. The highest BCUT2D eigenvalue weighted by molar-refractivity contribution is 5.97. The smallest absolute Gasteiger partial charge is 0.227 e. The first-order chi connectivity index (χ1) is 7.59. The van der Waals surface area contributed by atoms with Crippen LogP contribution in [0.3, 0.4) is 0 Å². The molecular weight excluding hydrogens is 202 g/mol. The summed E-state index contributed by atoms with van der Waals surface area (Å²) in [6.45, 7) is 3.45. The van der Waals surface area contributed by atoms with Gasteiger partial charge in [0, 0.05) is 17.5 Å². The average molecular weight is 217 g/mol. The van der Waals surface area contributed by atoms with Crippen molar-refractivity contribution in [2.24, 2.45) is 5.92 Å². The summed E-state index contributed by atoms with van der Waals surface area (Å²) in [4.78, 5) is 23.4. The summed E-state index contributed by atoms with van der Waals surface area (Å²) >= 11 is 0. The van der Waals surface area contributed by atoms with Crippen LogP contribution in [0.25, 0.3) is 0 Å². The maximum atomic E-state index is 11.7. The van der Waals surface area contributed by atoms with Crippen LogP contribution in [-0.4, -0.2) is 11.7 Å². The first-order valence-corrected chi connectivity index (χ1v) is 5.50. The normalized spacial score (nSPS) is 24.2. The van der Waals surface area contributed by atoms with Crippen LogP contribution >= 0.6 is 0 Å². The number of anilines is 1. The van der Waals surface area contributed by atoms with Gasteiger partial charge in [0.05, 0.1) is 0 Å². The molecule has 1 aromatic carbocycles. The van der Waals surface area contributed by atoms with Gasteiger partial charge in [-0.15, -0.1) is 0 Å². The molecule has 3 nitrogen and oxygen atoms in total. The number of hydrogen-bond acceptors (Lipinski definition) is 2. The van der Waals surface area contributed by atoms with Gasteiger partial charge >= 0.3 is 0 Å². The van der Waals surface area contributed by atoms with E-state index in [4.69, 9.17) is 0 Å². The van der Waals surface area contributed by atoms with Gasteiger partial charge < -0.3 is 5.32 Å². The number of carbonyl (C=O) groups is 2. The number of ketones is 1. The van der Waals surface area contributed by atoms with E-state index < -0.39 is 0 Å². The second-order valence-electron chi connectivity index (χ2n) is 4.38. The van der Waals surface area contributed by atoms with E-state index in [1.54, 1.807) is 6.92 Å². The molecule has 1 unspecified atom stereocenters. The summed E-state index contributed by atoms with van der Waals surface area (Å²) < 4.78 is 0. The van der Waals surface area contributed by atoms with Crippen LogP contribution in [0.1, 0.15) is 31.7 Å². The Kier molecular flexibility index (Phi) is 2.77. The molecule has 2 atom stereocenters. The van der Waals surface area contributed by atoms with Gasteiger partial charge in [-0.05, 0) is 25.0 Å². The maximum Gasteiger partial charge on any atom is 0.227 e. The predicted octanol–water partition coefficient (Wildman–Crippen LogP) is 2.34. The number of Topliss-reactive ketones (excluding diaryl/α,β-unsaturated/α-hetero) is 1. The number of rotatable bonds is 1. The molecule has 0 saturated carbocycles. The number of nitrogens with one attached hydrogen (secondary N) is 1. The summed E-state index contributed by atoms with van der Waals surface area (Å²) in [5.41, 5.74) is 1.71. The van der Waals surface area contributed by atoms with Crippen LogP contribution in [0.4, 0.5) is 5.69 Å². The first-order valence-electron chi connectivity index (χ1n) is 5.50. The predicted molar refractivity (Wildman–Crippen MR) is 62.3 cm³/mol. The molecule has 3 heteroatoms. The summed E-state index contributed by atoms with van der Waals surface area (Å²) in [5, 5.41) is 2.87. The molecule has 84 valence electrons. The fourth-order valence-corrected chi connectivity index (χ4v) is 2.14. The molecule has 0 radical (unpaired) electrons. The van der Waals surface area contributed by atoms with E-state index in [1.807, 2.05) is 31.2 Å². The second kappa shape index (κ2) is 4.08. The molecule has 2 rings (SSSR count). The standard InChI is InChI=1S/C13H15NO2/c1-8-7-11(9(2)15)10-5-3-4-6-12(10)14-13(8)16/h3-6,8,11H,7H2,1-2H3,(H,14,16)/t8-,11?/m0/s1. The van der Waals surface area contributed by atoms with Crippen LogP contribution < -0.4 is 5.32 Å². The van der Waals surface area contributed by atoms with E-state index >= 15 is 0 Å². The van der Waals surface area contributed by atoms with E-state index in [-0.39, 0.29) is 23.5 Å². The third-order valence-corrected chi connectivity index (χ3v) is 3.12. The minimum Gasteiger partial charge on any atom is -0.326 e. The lowest BCUT2D eigenvalue weighted by Crippen LogP contribution is -2.19. The molecule has 0 aromatic heterocycles. The van der Waals surface area contributed by atoms with E-state index in [0.29, 0.717) is 6.42 Å². The van der Waals surface area contributed by atoms with Crippen molar-refractivity contribution in [1.29, 1.82) is 0 Å². The Morgan fingerprint density at radius 3 is 2.75 bits per heavy atom. The fraction of sp³-hybridized carbons (Fsp3) is 0.385. The largest absolute Gasteiger partial charge is 0.326 e. The molecule has 16 heavy (non-hydrogen) atoms. The Morgan fingerprint density at radius 1 is 1.38 bits per heavy atom. The summed E-state index contributed by atoms with van der Waals surface area (Å²) in [6, 6.07) is 7.53. The first kappa shape index (κ1) is 10.9. The average Bonchev–Trinajstić information content (AvgIpc) is 2.37. The number of benzene rings is 1. The second-order valence-corrected chi connectivity index (χ2v) is 4.38. The van der Waals surface area contributed by atoms with Crippen molar-refractivity contribution in [3.05, 3.63) is 29.8 Å². The van der Waals surface area contributed by atoms with Gasteiger partial charge in [0.25, 0.3) is 0 Å². The van der Waals surface area contributed by atoms with E-state index in [1.165, 1.54) is 0 Å². The van der Waals surface area contributed by atoms with Crippen molar-refractivity contribution in [2.45, 2.75) is 26.2 Å². The molecule has 1 aromatic rings. The Labute approximate surface area is 94.9 Å². The summed E-state index contributed by atoms with van der Waals surface area (Å²) in [5.74, 6) is -0.168. The molecular formula is C13H15NO2. The zero-order valence-electron chi connectivity index (χ0n) is 9.49. The topological polar surface area (TPSA) is 46.2 Å². The Hall–Kier alpha value is -1.64. The molecule has 1 aliphatic rings. The minimum atomic E-state index is -0.162. The van der Waals surface area contributed by atoms with Gasteiger partial charge in [0.15, 0.2) is 0 Å². The van der Waals surface area contributed by atoms with E-state index in [2.05, 4.69) is 5.32 Å². The molecule has 0 saturated heterocycles. The fourth-order valence-electron chi connectivity index (χ4n) is 2.14. The highest BCUT2D eigenvalue weighted by atomic mass is 16.2. The minimum absolute atomic E-state index is 0.00352. The highest BCUT2D eigenvalue weighted by Gasteiger charge is 2.29. The lowest BCUT2D eigenvalue weighted by molar-refractivity contribution is -0.120. The lowest BCUT2D eigenvalue weighted by atomic mass is 9.87. The Morgan fingerprint density at radius 2 is 2.06 bits per heavy atom. The van der Waals surface area contributed by atoms with Gasteiger partial charge in [-0.1, -0.05) is 25.1 Å².